The number of carbonyl (C=O) groups excluding carboxylic acids is 6. The third-order valence-electron chi connectivity index (χ3n) is 10.0. The molecule has 0 saturated carbocycles. The van der Waals surface area contributed by atoms with Crippen LogP contribution in [0, 0.1) is 13.8 Å². The van der Waals surface area contributed by atoms with Crippen molar-refractivity contribution in [3.8, 4) is 5.75 Å². The number of ether oxygens (including phenoxy) is 1. The molecule has 1 unspecified atom stereocenters. The summed E-state index contributed by atoms with van der Waals surface area (Å²) in [4.78, 5) is 75.6. The standard InChI is InChI=1S/C37H43BF2N6O7/c1-23-18-24(2)46-29(23)20-26-19-25(21-44(26)38(46,39)40)12-14-31(47)41-16-7-5-3-4-6-8-17-42-33(49)22-53-30-11-9-10-27-34(30)37(52)45(36(27)51)28-13-15-32(48)43-35(28)50/h9-11,18-21,28H,3-8,12-17,22H2,1-2H3,(H,41,47)(H,42,49)(H,43,48,50). The number of aromatic nitrogens is 1. The van der Waals surface area contributed by atoms with Crippen molar-refractivity contribution in [1.29, 1.82) is 0 Å². The van der Waals surface area contributed by atoms with Gasteiger partial charge in [-0.25, -0.2) is 0 Å². The second-order valence-corrected chi connectivity index (χ2v) is 13.9. The molecule has 4 aliphatic heterocycles. The summed E-state index contributed by atoms with van der Waals surface area (Å²) in [6, 6.07) is 5.14. The predicted molar refractivity (Wildman–Crippen MR) is 191 cm³/mol. The Morgan fingerprint density at radius 3 is 2.38 bits per heavy atom. The molecule has 6 rings (SSSR count). The maximum absolute atomic E-state index is 15.3. The number of nitrogens with one attached hydrogen (secondary N) is 3. The lowest BCUT2D eigenvalue weighted by Gasteiger charge is -2.29. The molecule has 16 heteroatoms. The molecular formula is C37H43BF2N6O7. The first kappa shape index (κ1) is 37.4. The molecule has 53 heavy (non-hydrogen) atoms. The van der Waals surface area contributed by atoms with Crippen molar-refractivity contribution in [2.24, 2.45) is 0 Å². The number of hydrogen-bond donors (Lipinski definition) is 3. The van der Waals surface area contributed by atoms with Crippen molar-refractivity contribution in [3.05, 3.63) is 69.7 Å². The Hall–Kier alpha value is -5.41. The highest BCUT2D eigenvalue weighted by molar-refractivity contribution is 6.57. The summed E-state index contributed by atoms with van der Waals surface area (Å²) in [6.07, 6.45) is 11.0. The van der Waals surface area contributed by atoms with Gasteiger partial charge in [0.2, 0.25) is 17.7 Å². The van der Waals surface area contributed by atoms with Crippen molar-refractivity contribution in [2.75, 3.05) is 19.7 Å². The number of piperidine rings is 1. The largest absolute Gasteiger partial charge is 0.737 e. The van der Waals surface area contributed by atoms with Crippen LogP contribution < -0.4 is 20.7 Å². The van der Waals surface area contributed by atoms with Gasteiger partial charge in [0.15, 0.2) is 12.3 Å². The number of fused-ring (bicyclic) bond motifs is 3. The summed E-state index contributed by atoms with van der Waals surface area (Å²) in [5.41, 5.74) is 3.05. The fourth-order valence-electron chi connectivity index (χ4n) is 7.33. The van der Waals surface area contributed by atoms with E-state index in [1.807, 2.05) is 6.92 Å². The van der Waals surface area contributed by atoms with Crippen LogP contribution in [0.1, 0.15) is 102 Å². The van der Waals surface area contributed by atoms with E-state index in [1.54, 1.807) is 25.1 Å². The second-order valence-electron chi connectivity index (χ2n) is 13.9. The number of halogens is 2. The number of amides is 6. The minimum atomic E-state index is -3.99. The van der Waals surface area contributed by atoms with Crippen molar-refractivity contribution < 1.29 is 46.6 Å². The number of allylic oxidation sites excluding steroid dienone is 2. The minimum absolute atomic E-state index is 0.0123. The van der Waals surface area contributed by atoms with E-state index in [9.17, 15) is 28.8 Å². The molecule has 0 aliphatic carbocycles. The van der Waals surface area contributed by atoms with Gasteiger partial charge in [-0.15, -0.1) is 0 Å². The number of imide groups is 2. The average Bonchev–Trinajstić information content (AvgIpc) is 3.75. The summed E-state index contributed by atoms with van der Waals surface area (Å²) in [6.45, 7) is 0.149. The van der Waals surface area contributed by atoms with E-state index in [0.717, 1.165) is 58.0 Å². The molecule has 1 aromatic carbocycles. The Labute approximate surface area is 305 Å². The second kappa shape index (κ2) is 15.7. The normalized spacial score (nSPS) is 18.5. The van der Waals surface area contributed by atoms with Crippen LogP contribution in [0.5, 0.6) is 5.75 Å². The van der Waals surface area contributed by atoms with Crippen LogP contribution >= 0.6 is 0 Å². The van der Waals surface area contributed by atoms with Crippen LogP contribution in [0.3, 0.4) is 0 Å². The molecule has 1 fully saturated rings. The molecule has 6 amide bonds. The van der Waals surface area contributed by atoms with Gasteiger partial charge in [-0.05, 0) is 69.0 Å². The van der Waals surface area contributed by atoms with E-state index in [2.05, 4.69) is 16.0 Å². The molecule has 4 aliphatic rings. The lowest BCUT2D eigenvalue weighted by molar-refractivity contribution is -0.356. The van der Waals surface area contributed by atoms with Crippen LogP contribution in [-0.4, -0.2) is 88.2 Å². The molecule has 13 nitrogen and oxygen atoms in total. The molecule has 1 aromatic heterocycles. The van der Waals surface area contributed by atoms with E-state index in [-0.39, 0.29) is 54.6 Å². The topological polar surface area (TPSA) is 159 Å². The SMILES string of the molecule is Cc1cc(C)n2c1C=C1C=C(CCC(=O)NCCCCCCCCNC(=O)COc3cccc4c3C(=O)N(C3CCC(=O)NC3=O)C4=O)C=[N+]1[B-]2(F)F. The summed E-state index contributed by atoms with van der Waals surface area (Å²) in [5.74, 6) is -2.95. The fourth-order valence-corrected chi connectivity index (χ4v) is 7.33. The molecule has 1 saturated heterocycles. The van der Waals surface area contributed by atoms with Crippen LogP contribution in [0.4, 0.5) is 8.63 Å². The van der Waals surface area contributed by atoms with Crippen LogP contribution in [0.25, 0.3) is 6.08 Å². The Bertz CT molecular complexity index is 1970. The highest BCUT2D eigenvalue weighted by Crippen LogP contribution is 2.35. The van der Waals surface area contributed by atoms with E-state index in [4.69, 9.17) is 4.74 Å². The molecule has 5 heterocycles. The van der Waals surface area contributed by atoms with Crippen molar-refractivity contribution >= 4 is 54.7 Å². The van der Waals surface area contributed by atoms with Gasteiger partial charge < -0.3 is 33.0 Å². The van der Waals surface area contributed by atoms with E-state index in [0.29, 0.717) is 42.2 Å². The number of aryl methyl sites for hydroxylation is 2. The van der Waals surface area contributed by atoms with Gasteiger partial charge >= 0.3 is 6.97 Å². The van der Waals surface area contributed by atoms with Gasteiger partial charge in [0.1, 0.15) is 18.0 Å². The van der Waals surface area contributed by atoms with Crippen molar-refractivity contribution in [3.63, 3.8) is 0 Å². The van der Waals surface area contributed by atoms with Crippen molar-refractivity contribution in [2.45, 2.75) is 84.1 Å². The highest BCUT2D eigenvalue weighted by atomic mass is 19.2. The zero-order valence-electron chi connectivity index (χ0n) is 29.8. The summed E-state index contributed by atoms with van der Waals surface area (Å²) >= 11 is 0. The Kier molecular flexibility index (Phi) is 11.1. The summed E-state index contributed by atoms with van der Waals surface area (Å²) in [7, 11) is 0. The number of rotatable bonds is 16. The quantitative estimate of drug-likeness (QED) is 0.135. The van der Waals surface area contributed by atoms with Crippen molar-refractivity contribution in [1.82, 2.24) is 25.3 Å². The maximum Gasteiger partial charge on any atom is 0.737 e. The number of unbranched alkanes of at least 4 members (excludes halogenated alkanes) is 5. The molecule has 0 bridgehead atoms. The average molecular weight is 733 g/mol. The Morgan fingerprint density at radius 2 is 1.66 bits per heavy atom. The highest BCUT2D eigenvalue weighted by Gasteiger charge is 2.51. The zero-order chi connectivity index (χ0) is 37.9. The molecule has 0 spiro atoms. The molecule has 2 aromatic rings. The third-order valence-corrected chi connectivity index (χ3v) is 10.0. The third kappa shape index (κ3) is 7.86. The smallest absolute Gasteiger partial charge is 0.483 e. The zero-order valence-corrected chi connectivity index (χ0v) is 29.8. The van der Waals surface area contributed by atoms with Crippen LogP contribution in [0.2, 0.25) is 0 Å². The lowest BCUT2D eigenvalue weighted by atomic mass is 9.91. The number of nitrogens with zero attached hydrogens (tertiary/aromatic N) is 3. The van der Waals surface area contributed by atoms with Gasteiger partial charge in [0.25, 0.3) is 17.7 Å². The molecule has 0 radical (unpaired) electrons. The van der Waals surface area contributed by atoms with Gasteiger partial charge in [0, 0.05) is 49.4 Å². The monoisotopic (exact) mass is 732 g/mol. The van der Waals surface area contributed by atoms with E-state index >= 15 is 8.63 Å². The predicted octanol–water partition coefficient (Wildman–Crippen LogP) is 3.54. The molecule has 280 valence electrons. The summed E-state index contributed by atoms with van der Waals surface area (Å²) in [5, 5.41) is 7.86. The Morgan fingerprint density at radius 1 is 0.962 bits per heavy atom. The van der Waals surface area contributed by atoms with Gasteiger partial charge in [-0.2, -0.15) is 0 Å². The maximum atomic E-state index is 15.3. The number of hydrogen-bond acceptors (Lipinski definition) is 7. The minimum Gasteiger partial charge on any atom is -0.483 e. The number of benzene rings is 1. The first-order valence-electron chi connectivity index (χ1n) is 18.1. The molecular weight excluding hydrogens is 689 g/mol. The van der Waals surface area contributed by atoms with Gasteiger partial charge in [0.05, 0.1) is 11.1 Å². The van der Waals surface area contributed by atoms with E-state index in [1.165, 1.54) is 24.4 Å². The first-order chi connectivity index (χ1) is 25.4. The Balaban J connectivity index is 0.815. The lowest BCUT2D eigenvalue weighted by Crippen LogP contribution is -2.54. The first-order valence-corrected chi connectivity index (χ1v) is 18.1. The molecule has 3 N–H and O–H groups in total. The van der Waals surface area contributed by atoms with Gasteiger partial charge in [-0.1, -0.05) is 31.7 Å². The fraction of sp³-hybridized carbons (Fsp3) is 0.432. The van der Waals surface area contributed by atoms with Crippen LogP contribution in [0.15, 0.2) is 41.6 Å². The molecule has 1 atom stereocenters. The number of carbonyl (C=O) groups is 6. The van der Waals surface area contributed by atoms with Gasteiger partial charge in [-0.3, -0.25) is 39.0 Å². The van der Waals surface area contributed by atoms with E-state index < -0.39 is 36.6 Å². The van der Waals surface area contributed by atoms with Crippen LogP contribution in [-0.2, 0) is 19.2 Å². The summed E-state index contributed by atoms with van der Waals surface area (Å²) < 4.78 is 38.3.